The summed E-state index contributed by atoms with van der Waals surface area (Å²) in [5.41, 5.74) is 2.93. The molecule has 0 saturated heterocycles. The fourth-order valence-electron chi connectivity index (χ4n) is 2.48. The third-order valence-corrected chi connectivity index (χ3v) is 4.36. The van der Waals surface area contributed by atoms with Gasteiger partial charge in [0.05, 0.1) is 25.5 Å². The Morgan fingerprint density at radius 2 is 2.04 bits per heavy atom. The highest BCUT2D eigenvalue weighted by Gasteiger charge is 2.14. The average Bonchev–Trinajstić information content (AvgIpc) is 2.90. The Morgan fingerprint density at radius 3 is 2.79 bits per heavy atom. The predicted molar refractivity (Wildman–Crippen MR) is 96.3 cm³/mol. The third-order valence-electron chi connectivity index (χ3n) is 3.72. The maximum absolute atomic E-state index is 12.4. The van der Waals surface area contributed by atoms with Crippen molar-refractivity contribution in [2.24, 2.45) is 0 Å². The summed E-state index contributed by atoms with van der Waals surface area (Å²) in [6.07, 6.45) is 1.73. The van der Waals surface area contributed by atoms with Crippen LogP contribution in [0.1, 0.15) is 11.1 Å². The zero-order chi connectivity index (χ0) is 17.3. The van der Waals surface area contributed by atoms with Gasteiger partial charge in [-0.1, -0.05) is 23.2 Å². The van der Waals surface area contributed by atoms with Gasteiger partial charge in [0.25, 0.3) is 0 Å². The molecule has 1 amide bonds. The maximum atomic E-state index is 12.4. The second-order valence-corrected chi connectivity index (χ2v) is 6.27. The molecule has 1 N–H and O–H groups in total. The SMILES string of the molecule is COc1ccc(Cl)cc1NC(=O)Cc1coc2cc(C)c(Cl)cc12. The van der Waals surface area contributed by atoms with Crippen molar-refractivity contribution >= 4 is 45.8 Å². The standard InChI is InChI=1S/C18H15Cl2NO3/c1-10-5-17-13(8-14(10)20)11(9-24-17)6-18(22)21-15-7-12(19)3-4-16(15)23-2/h3-5,7-9H,6H2,1-2H3,(H,21,22). The van der Waals surface area contributed by atoms with Gasteiger partial charge in [-0.2, -0.15) is 0 Å². The van der Waals surface area contributed by atoms with Gasteiger partial charge < -0.3 is 14.5 Å². The Kier molecular flexibility index (Phi) is 4.69. The molecule has 0 aliphatic carbocycles. The molecule has 3 aromatic rings. The van der Waals surface area contributed by atoms with Crippen LogP contribution in [0.5, 0.6) is 5.75 Å². The molecule has 0 spiro atoms. The van der Waals surface area contributed by atoms with Gasteiger partial charge in [-0.15, -0.1) is 0 Å². The average molecular weight is 364 g/mol. The number of aryl methyl sites for hydroxylation is 1. The second kappa shape index (κ2) is 6.75. The normalized spacial score (nSPS) is 10.8. The lowest BCUT2D eigenvalue weighted by Crippen LogP contribution is -2.14. The number of halogens is 2. The molecular weight excluding hydrogens is 349 g/mol. The van der Waals surface area contributed by atoms with E-state index < -0.39 is 0 Å². The van der Waals surface area contributed by atoms with E-state index in [0.717, 1.165) is 16.5 Å². The number of furan rings is 1. The number of hydrogen-bond acceptors (Lipinski definition) is 3. The lowest BCUT2D eigenvalue weighted by molar-refractivity contribution is -0.115. The number of rotatable bonds is 4. The number of methoxy groups -OCH3 is 1. The molecule has 0 atom stereocenters. The molecule has 0 aliphatic heterocycles. The van der Waals surface area contributed by atoms with Crippen molar-refractivity contribution in [1.82, 2.24) is 0 Å². The molecule has 2 aromatic carbocycles. The van der Waals surface area contributed by atoms with E-state index in [1.807, 2.05) is 19.1 Å². The van der Waals surface area contributed by atoms with Crippen LogP contribution in [0.25, 0.3) is 11.0 Å². The van der Waals surface area contributed by atoms with E-state index in [9.17, 15) is 4.79 Å². The van der Waals surface area contributed by atoms with E-state index in [4.69, 9.17) is 32.4 Å². The minimum atomic E-state index is -0.199. The summed E-state index contributed by atoms with van der Waals surface area (Å²) in [6, 6.07) is 8.72. The van der Waals surface area contributed by atoms with Gasteiger partial charge in [0.2, 0.25) is 5.91 Å². The molecule has 1 aromatic heterocycles. The van der Waals surface area contributed by atoms with Crippen molar-refractivity contribution in [1.29, 1.82) is 0 Å². The second-order valence-electron chi connectivity index (χ2n) is 5.43. The van der Waals surface area contributed by atoms with E-state index in [2.05, 4.69) is 5.32 Å². The van der Waals surface area contributed by atoms with Gasteiger partial charge in [0.1, 0.15) is 11.3 Å². The molecule has 4 nitrogen and oxygen atoms in total. The van der Waals surface area contributed by atoms with Gasteiger partial charge in [0, 0.05) is 21.0 Å². The van der Waals surface area contributed by atoms with E-state index in [-0.39, 0.29) is 12.3 Å². The van der Waals surface area contributed by atoms with Crippen LogP contribution in [-0.4, -0.2) is 13.0 Å². The Morgan fingerprint density at radius 1 is 1.25 bits per heavy atom. The van der Waals surface area contributed by atoms with Crippen molar-refractivity contribution in [3.63, 3.8) is 0 Å². The summed E-state index contributed by atoms with van der Waals surface area (Å²) in [5, 5.41) is 4.80. The van der Waals surface area contributed by atoms with E-state index in [1.54, 1.807) is 24.5 Å². The predicted octanol–water partition coefficient (Wildman–Crippen LogP) is 5.24. The Labute approximate surface area is 149 Å². The Balaban J connectivity index is 1.83. The van der Waals surface area contributed by atoms with Crippen LogP contribution in [0, 0.1) is 6.92 Å². The topological polar surface area (TPSA) is 51.5 Å². The fraction of sp³-hybridized carbons (Fsp3) is 0.167. The molecule has 0 saturated carbocycles. The Bertz CT molecular complexity index is 918. The molecule has 6 heteroatoms. The summed E-state index contributed by atoms with van der Waals surface area (Å²) in [7, 11) is 1.53. The van der Waals surface area contributed by atoms with Gasteiger partial charge >= 0.3 is 0 Å². The van der Waals surface area contributed by atoms with Crippen molar-refractivity contribution in [2.75, 3.05) is 12.4 Å². The van der Waals surface area contributed by atoms with Crippen LogP contribution in [0.15, 0.2) is 41.0 Å². The summed E-state index contributed by atoms with van der Waals surface area (Å²) >= 11 is 12.1. The first-order chi connectivity index (χ1) is 11.5. The maximum Gasteiger partial charge on any atom is 0.229 e. The van der Waals surface area contributed by atoms with Crippen molar-refractivity contribution < 1.29 is 13.9 Å². The molecule has 1 heterocycles. The fourth-order valence-corrected chi connectivity index (χ4v) is 2.82. The van der Waals surface area contributed by atoms with Gasteiger partial charge in [-0.05, 0) is 42.8 Å². The zero-order valence-electron chi connectivity index (χ0n) is 13.2. The monoisotopic (exact) mass is 363 g/mol. The van der Waals surface area contributed by atoms with Crippen LogP contribution in [0.3, 0.4) is 0 Å². The first-order valence-electron chi connectivity index (χ1n) is 7.27. The molecule has 0 unspecified atom stereocenters. The number of benzene rings is 2. The number of hydrogen-bond donors (Lipinski definition) is 1. The molecule has 0 bridgehead atoms. The molecule has 3 rings (SSSR count). The number of carbonyl (C=O) groups excluding carboxylic acids is 1. The van der Waals surface area contributed by atoms with Crippen molar-refractivity contribution in [2.45, 2.75) is 13.3 Å². The quantitative estimate of drug-likeness (QED) is 0.689. The van der Waals surface area contributed by atoms with Crippen molar-refractivity contribution in [3.05, 3.63) is 57.8 Å². The number of anilines is 1. The first-order valence-corrected chi connectivity index (χ1v) is 8.03. The number of carbonyl (C=O) groups is 1. The smallest absolute Gasteiger partial charge is 0.229 e. The lowest BCUT2D eigenvalue weighted by atomic mass is 10.1. The molecule has 24 heavy (non-hydrogen) atoms. The molecule has 0 fully saturated rings. The van der Waals surface area contributed by atoms with Gasteiger partial charge in [-0.25, -0.2) is 0 Å². The molecule has 0 aliphatic rings. The van der Waals surface area contributed by atoms with Crippen LogP contribution in [-0.2, 0) is 11.2 Å². The number of fused-ring (bicyclic) bond motifs is 1. The number of amides is 1. The van der Waals surface area contributed by atoms with Crippen molar-refractivity contribution in [3.8, 4) is 5.75 Å². The minimum absolute atomic E-state index is 0.155. The van der Waals surface area contributed by atoms with Crippen LogP contribution in [0.4, 0.5) is 5.69 Å². The number of ether oxygens (including phenoxy) is 1. The zero-order valence-corrected chi connectivity index (χ0v) is 14.7. The summed E-state index contributed by atoms with van der Waals surface area (Å²) in [5.74, 6) is 0.346. The molecule has 0 radical (unpaired) electrons. The van der Waals surface area contributed by atoms with Crippen LogP contribution in [0.2, 0.25) is 10.0 Å². The highest BCUT2D eigenvalue weighted by molar-refractivity contribution is 6.32. The number of nitrogens with one attached hydrogen (secondary N) is 1. The summed E-state index contributed by atoms with van der Waals surface area (Å²) < 4.78 is 10.7. The van der Waals surface area contributed by atoms with Crippen LogP contribution >= 0.6 is 23.2 Å². The minimum Gasteiger partial charge on any atom is -0.495 e. The highest BCUT2D eigenvalue weighted by atomic mass is 35.5. The van der Waals surface area contributed by atoms with Crippen LogP contribution < -0.4 is 10.1 Å². The summed E-state index contributed by atoms with van der Waals surface area (Å²) in [4.78, 5) is 12.4. The van der Waals surface area contributed by atoms with Gasteiger partial charge in [0.15, 0.2) is 0 Å². The molecular formula is C18H15Cl2NO3. The van der Waals surface area contributed by atoms with Gasteiger partial charge in [-0.3, -0.25) is 4.79 Å². The Hall–Kier alpha value is -2.17. The van der Waals surface area contributed by atoms with E-state index in [0.29, 0.717) is 27.1 Å². The third kappa shape index (κ3) is 3.35. The first kappa shape index (κ1) is 16.7. The largest absolute Gasteiger partial charge is 0.495 e. The van der Waals surface area contributed by atoms with E-state index >= 15 is 0 Å². The highest BCUT2D eigenvalue weighted by Crippen LogP contribution is 2.30. The van der Waals surface area contributed by atoms with E-state index in [1.165, 1.54) is 7.11 Å². The molecule has 124 valence electrons. The lowest BCUT2D eigenvalue weighted by Gasteiger charge is -2.10. The summed E-state index contributed by atoms with van der Waals surface area (Å²) in [6.45, 7) is 1.90.